The van der Waals surface area contributed by atoms with E-state index in [1.807, 2.05) is 51.1 Å². The number of hydrogen-bond donors (Lipinski definition) is 10. The Morgan fingerprint density at radius 3 is 1.07 bits per heavy atom. The highest BCUT2D eigenvalue weighted by Crippen LogP contribution is 2.40. The van der Waals surface area contributed by atoms with Crippen LogP contribution in [0, 0.1) is 20.8 Å². The van der Waals surface area contributed by atoms with Crippen molar-refractivity contribution in [2.45, 2.75) is 216 Å². The SMILES string of the molecule is CCC(C)(C)c1cc(C)c(O)c(C)c1.CCC(C)(C)c1cc(O)cc(O)c1.CCC(C)(C)c1ccc(O)c(C)c1.CCC(C)(C)c1ccc(O)c(O)c1.CCC(C)(C)c1ccc(O)c2cc(O)ccc12.CCC(C)(C)c1ccc2cc(O)c(O)cc2c1. The Balaban J connectivity index is 0.000000274. The minimum Gasteiger partial charge on any atom is -0.508 e. The van der Waals surface area contributed by atoms with E-state index in [1.54, 1.807) is 54.6 Å². The smallest absolute Gasteiger partial charge is 0.158 e. The molecule has 10 N–H and O–H groups in total. The lowest BCUT2D eigenvalue weighted by molar-refractivity contribution is 0.400. The van der Waals surface area contributed by atoms with Crippen molar-refractivity contribution in [2.75, 3.05) is 0 Å². The number of benzene rings is 8. The van der Waals surface area contributed by atoms with Gasteiger partial charge in [-0.2, -0.15) is 0 Å². The van der Waals surface area contributed by atoms with E-state index in [4.69, 9.17) is 5.11 Å². The van der Waals surface area contributed by atoms with E-state index in [0.29, 0.717) is 16.9 Å². The van der Waals surface area contributed by atoms with Crippen LogP contribution in [0.25, 0.3) is 21.5 Å². The summed E-state index contributed by atoms with van der Waals surface area (Å²) in [5.41, 5.74) is 10.6. The fourth-order valence-corrected chi connectivity index (χ4v) is 9.17. The second-order valence-electron chi connectivity index (χ2n) is 27.1. The zero-order valence-electron chi connectivity index (χ0n) is 56.3. The molecule has 10 nitrogen and oxygen atoms in total. The van der Waals surface area contributed by atoms with Crippen molar-refractivity contribution in [3.8, 4) is 57.5 Å². The van der Waals surface area contributed by atoms with Crippen LogP contribution in [0.5, 0.6) is 57.5 Å². The maximum Gasteiger partial charge on any atom is 0.158 e. The molecule has 0 bridgehead atoms. The fourth-order valence-electron chi connectivity index (χ4n) is 9.17. The Kier molecular flexibility index (Phi) is 25.6. The maximum absolute atomic E-state index is 9.85. The summed E-state index contributed by atoms with van der Waals surface area (Å²) in [7, 11) is 0. The number of aryl methyl sites for hydroxylation is 3. The number of phenols is 10. The molecular weight excluding hydrogens is 1080 g/mol. The Labute approximate surface area is 521 Å². The Hall–Kier alpha value is -7.72. The lowest BCUT2D eigenvalue weighted by atomic mass is 9.79. The standard InChI is InChI=1S/2C15H18O2.C13H20O.C12H18O.2C11H16O2/c1-4-15(2,3)12-6-5-10-8-13(16)14(17)9-11(10)7-12;1-4-15(2,3)13-7-8-14(17)12-9-10(16)5-6-11(12)13;1-6-13(4,5)11-7-9(2)12(14)10(3)8-11;1-5-12(3,4)10-6-7-11(13)9(2)8-10;1-4-11(2,3)8-5-9(12)7-10(13)6-8;1-4-11(2,3)8-5-6-9(12)10(13)7-8/h2*5-9,16-17H,4H2,1-3H3;7-8,14H,6H2,1-5H3;6-8,13H,5H2,1-4H3;2*5-7,12-13H,4H2,1-3H3. The minimum absolute atomic E-state index is 0.00375. The molecule has 0 saturated carbocycles. The number of hydrogen-bond acceptors (Lipinski definition) is 10. The zero-order valence-corrected chi connectivity index (χ0v) is 56.3. The molecule has 0 heterocycles. The van der Waals surface area contributed by atoms with Crippen LogP contribution in [0.2, 0.25) is 0 Å². The molecule has 8 rings (SSSR count). The average Bonchev–Trinajstić information content (AvgIpc) is 1.30. The van der Waals surface area contributed by atoms with Gasteiger partial charge in [0.1, 0.15) is 34.5 Å². The molecule has 474 valence electrons. The first kappa shape index (κ1) is 73.5. The maximum atomic E-state index is 9.85. The van der Waals surface area contributed by atoms with Crippen LogP contribution in [0.3, 0.4) is 0 Å². The topological polar surface area (TPSA) is 202 Å². The Morgan fingerprint density at radius 1 is 0.253 bits per heavy atom. The third kappa shape index (κ3) is 19.9. The monoisotopic (exact) mass is 1190 g/mol. The summed E-state index contributed by atoms with van der Waals surface area (Å²) >= 11 is 0. The van der Waals surface area contributed by atoms with Gasteiger partial charge in [0.05, 0.1) is 0 Å². The van der Waals surface area contributed by atoms with E-state index < -0.39 is 0 Å². The zero-order chi connectivity index (χ0) is 66.4. The lowest BCUT2D eigenvalue weighted by Gasteiger charge is -2.25. The number of fused-ring (bicyclic) bond motifs is 2. The predicted molar refractivity (Wildman–Crippen MR) is 364 cm³/mol. The van der Waals surface area contributed by atoms with Crippen molar-refractivity contribution in [2.24, 2.45) is 0 Å². The van der Waals surface area contributed by atoms with Crippen LogP contribution in [0.15, 0.2) is 127 Å². The van der Waals surface area contributed by atoms with E-state index in [0.717, 1.165) is 82.5 Å². The highest BCUT2D eigenvalue weighted by molar-refractivity contribution is 5.92. The molecule has 0 radical (unpaired) electrons. The average molecular weight is 1190 g/mol. The number of aromatic hydroxyl groups is 10. The summed E-state index contributed by atoms with van der Waals surface area (Å²) in [4.78, 5) is 0. The fraction of sp³-hybridized carbons (Fsp3) is 0.429. The van der Waals surface area contributed by atoms with Crippen molar-refractivity contribution in [1.82, 2.24) is 0 Å². The molecule has 0 aliphatic carbocycles. The molecule has 0 unspecified atom stereocenters. The second kappa shape index (κ2) is 30.3. The Morgan fingerprint density at radius 2 is 0.621 bits per heavy atom. The summed E-state index contributed by atoms with van der Waals surface area (Å²) in [6.45, 7) is 44.8. The van der Waals surface area contributed by atoms with E-state index in [-0.39, 0.29) is 78.5 Å². The summed E-state index contributed by atoms with van der Waals surface area (Å²) in [6, 6.07) is 37.9. The van der Waals surface area contributed by atoms with Gasteiger partial charge in [0, 0.05) is 11.5 Å². The highest BCUT2D eigenvalue weighted by Gasteiger charge is 2.24. The second-order valence-corrected chi connectivity index (χ2v) is 27.1. The number of rotatable bonds is 12. The molecule has 0 saturated heterocycles. The van der Waals surface area contributed by atoms with Gasteiger partial charge in [0.2, 0.25) is 0 Å². The predicted octanol–water partition coefficient (Wildman–Crippen LogP) is 20.5. The van der Waals surface area contributed by atoms with Gasteiger partial charge in [0.15, 0.2) is 23.0 Å². The van der Waals surface area contributed by atoms with Gasteiger partial charge < -0.3 is 51.1 Å². The van der Waals surface area contributed by atoms with E-state index >= 15 is 0 Å². The molecule has 0 aliphatic rings. The normalized spacial score (nSPS) is 11.8. The van der Waals surface area contributed by atoms with E-state index in [9.17, 15) is 46.0 Å². The van der Waals surface area contributed by atoms with Crippen LogP contribution in [-0.4, -0.2) is 51.1 Å². The molecule has 10 heteroatoms. The van der Waals surface area contributed by atoms with Crippen LogP contribution in [0.1, 0.15) is 213 Å². The van der Waals surface area contributed by atoms with Crippen LogP contribution in [-0.2, 0) is 32.5 Å². The Bertz CT molecular complexity index is 3440. The summed E-state index contributed by atoms with van der Waals surface area (Å²) in [5, 5.41) is 98.0. The van der Waals surface area contributed by atoms with Crippen LogP contribution >= 0.6 is 0 Å². The first-order chi connectivity index (χ1) is 40.2. The molecule has 0 atom stereocenters. The lowest BCUT2D eigenvalue weighted by Crippen LogP contribution is -2.15. The van der Waals surface area contributed by atoms with Crippen LogP contribution in [0.4, 0.5) is 0 Å². The van der Waals surface area contributed by atoms with Crippen molar-refractivity contribution in [3.05, 3.63) is 177 Å². The molecule has 0 amide bonds. The van der Waals surface area contributed by atoms with Crippen molar-refractivity contribution < 1.29 is 51.1 Å². The van der Waals surface area contributed by atoms with Crippen molar-refractivity contribution >= 4 is 21.5 Å². The summed E-state index contributed by atoms with van der Waals surface area (Å²) in [6.07, 6.45) is 6.26. The van der Waals surface area contributed by atoms with E-state index in [1.165, 1.54) is 34.4 Å². The number of phenolic OH excluding ortho intramolecular Hbond substituents is 10. The largest absolute Gasteiger partial charge is 0.508 e. The van der Waals surface area contributed by atoms with Gasteiger partial charge in [-0.3, -0.25) is 0 Å². The summed E-state index contributed by atoms with van der Waals surface area (Å²) < 4.78 is 0. The van der Waals surface area contributed by atoms with Gasteiger partial charge >= 0.3 is 0 Å². The molecule has 0 fully saturated rings. The molecule has 0 spiro atoms. The quantitative estimate of drug-likeness (QED) is 0.0525. The van der Waals surface area contributed by atoms with Crippen LogP contribution < -0.4 is 0 Å². The van der Waals surface area contributed by atoms with E-state index in [2.05, 4.69) is 155 Å². The van der Waals surface area contributed by atoms with Gasteiger partial charge in [-0.25, -0.2) is 0 Å². The first-order valence-corrected chi connectivity index (χ1v) is 30.8. The molecule has 0 aromatic heterocycles. The molecule has 0 aliphatic heterocycles. The third-order valence-electron chi connectivity index (χ3n) is 18.4. The molecule has 8 aromatic carbocycles. The van der Waals surface area contributed by atoms with Gasteiger partial charge in [-0.15, -0.1) is 0 Å². The van der Waals surface area contributed by atoms with Gasteiger partial charge in [0.25, 0.3) is 0 Å². The minimum atomic E-state index is -0.0694. The summed E-state index contributed by atoms with van der Waals surface area (Å²) in [5.74, 6) is 1.22. The van der Waals surface area contributed by atoms with Crippen molar-refractivity contribution in [1.29, 1.82) is 0 Å². The highest BCUT2D eigenvalue weighted by atomic mass is 16.3. The molecule has 87 heavy (non-hydrogen) atoms. The van der Waals surface area contributed by atoms with Gasteiger partial charge in [-0.1, -0.05) is 185 Å². The van der Waals surface area contributed by atoms with Crippen molar-refractivity contribution in [3.63, 3.8) is 0 Å². The third-order valence-corrected chi connectivity index (χ3v) is 18.4. The van der Waals surface area contributed by atoms with Gasteiger partial charge in [-0.05, 0) is 219 Å². The first-order valence-electron chi connectivity index (χ1n) is 30.8. The molecule has 8 aromatic rings. The molecular formula is C77H106O10.